The van der Waals surface area contributed by atoms with E-state index in [1.807, 2.05) is 53.0 Å². The van der Waals surface area contributed by atoms with E-state index < -0.39 is 0 Å². The number of hydrogen-bond acceptors (Lipinski definition) is 4. The molecular formula is C24H26N4O3. The summed E-state index contributed by atoms with van der Waals surface area (Å²) in [6.07, 6.45) is 1.37. The highest BCUT2D eigenvalue weighted by Crippen LogP contribution is 2.24. The van der Waals surface area contributed by atoms with Crippen molar-refractivity contribution in [2.24, 2.45) is 7.05 Å². The van der Waals surface area contributed by atoms with Gasteiger partial charge in [-0.25, -0.2) is 0 Å². The molecule has 0 aliphatic carbocycles. The molecule has 0 bridgehead atoms. The molecule has 3 aromatic rings. The fraction of sp³-hybridized carbons (Fsp3) is 0.292. The van der Waals surface area contributed by atoms with Gasteiger partial charge in [0.25, 0.3) is 11.8 Å². The molecule has 0 atom stereocenters. The number of fused-ring (bicyclic) bond motifs is 1. The first-order chi connectivity index (χ1) is 15.1. The molecule has 0 saturated heterocycles. The molecule has 31 heavy (non-hydrogen) atoms. The predicted octanol–water partition coefficient (Wildman–Crippen LogP) is 2.60. The average Bonchev–Trinajstić information content (AvgIpc) is 3.13. The van der Waals surface area contributed by atoms with Gasteiger partial charge < -0.3 is 15.0 Å². The molecule has 4 rings (SSSR count). The highest BCUT2D eigenvalue weighted by atomic mass is 16.5. The monoisotopic (exact) mass is 418 g/mol. The van der Waals surface area contributed by atoms with Crippen LogP contribution in [0.5, 0.6) is 5.75 Å². The number of carbonyl (C=O) groups is 2. The van der Waals surface area contributed by atoms with Crippen LogP contribution in [0.15, 0.2) is 54.6 Å². The minimum absolute atomic E-state index is 0.0169. The maximum Gasteiger partial charge on any atom is 0.254 e. The maximum atomic E-state index is 13.0. The van der Waals surface area contributed by atoms with Crippen LogP contribution in [0.1, 0.15) is 37.7 Å². The molecule has 7 nitrogen and oxygen atoms in total. The lowest BCUT2D eigenvalue weighted by molar-refractivity contribution is 0.0732. The number of hydrogen-bond donors (Lipinski definition) is 1. The number of aryl methyl sites for hydroxylation is 1. The Morgan fingerprint density at radius 1 is 1.10 bits per heavy atom. The number of methoxy groups -OCH3 is 1. The van der Waals surface area contributed by atoms with Crippen molar-refractivity contribution in [3.63, 3.8) is 0 Å². The van der Waals surface area contributed by atoms with Crippen LogP contribution in [0.3, 0.4) is 0 Å². The van der Waals surface area contributed by atoms with E-state index in [2.05, 4.69) is 10.4 Å². The summed E-state index contributed by atoms with van der Waals surface area (Å²) in [7, 11) is 3.53. The largest absolute Gasteiger partial charge is 0.497 e. The van der Waals surface area contributed by atoms with E-state index >= 15 is 0 Å². The van der Waals surface area contributed by atoms with Crippen LogP contribution < -0.4 is 10.1 Å². The van der Waals surface area contributed by atoms with Crippen molar-refractivity contribution in [3.05, 3.63) is 82.7 Å². The second kappa shape index (κ2) is 9.04. The Labute approximate surface area is 181 Å². The summed E-state index contributed by atoms with van der Waals surface area (Å²) in [6.45, 7) is 1.65. The van der Waals surface area contributed by atoms with E-state index in [4.69, 9.17) is 4.74 Å². The molecule has 0 radical (unpaired) electrons. The first kappa shape index (κ1) is 20.7. The molecule has 2 aromatic carbocycles. The van der Waals surface area contributed by atoms with Crippen LogP contribution in [0.2, 0.25) is 0 Å². The van der Waals surface area contributed by atoms with Gasteiger partial charge in [0.2, 0.25) is 0 Å². The third-order valence-corrected chi connectivity index (χ3v) is 5.61. The van der Waals surface area contributed by atoms with Gasteiger partial charge >= 0.3 is 0 Å². The fourth-order valence-corrected chi connectivity index (χ4v) is 3.97. The number of rotatable bonds is 6. The summed E-state index contributed by atoms with van der Waals surface area (Å²) >= 11 is 0. The Kier molecular flexibility index (Phi) is 6.02. The third kappa shape index (κ3) is 4.45. The van der Waals surface area contributed by atoms with Gasteiger partial charge in [-0.1, -0.05) is 24.3 Å². The standard InChI is InChI=1S/C24H26N4O3/c1-27-22-12-14-28(24(30)18-9-6-10-19(15-18)31-2)16-20(22)21(26-27)11-13-25-23(29)17-7-4-3-5-8-17/h3-10,15H,11-14,16H2,1-2H3,(H,25,29). The van der Waals surface area contributed by atoms with Gasteiger partial charge in [0.05, 0.1) is 12.8 Å². The van der Waals surface area contributed by atoms with Crippen molar-refractivity contribution in [1.82, 2.24) is 20.0 Å². The zero-order valence-electron chi connectivity index (χ0n) is 17.8. The van der Waals surface area contributed by atoms with Crippen LogP contribution in [-0.2, 0) is 26.4 Å². The van der Waals surface area contributed by atoms with Crippen LogP contribution in [0.25, 0.3) is 0 Å². The van der Waals surface area contributed by atoms with Crippen molar-refractivity contribution in [1.29, 1.82) is 0 Å². The molecule has 2 amide bonds. The summed E-state index contributed by atoms with van der Waals surface area (Å²) < 4.78 is 7.15. The zero-order chi connectivity index (χ0) is 21.8. The zero-order valence-corrected chi connectivity index (χ0v) is 17.8. The quantitative estimate of drug-likeness (QED) is 0.668. The van der Waals surface area contributed by atoms with E-state index in [-0.39, 0.29) is 11.8 Å². The van der Waals surface area contributed by atoms with E-state index in [0.29, 0.717) is 42.9 Å². The lowest BCUT2D eigenvalue weighted by Gasteiger charge is -2.28. The molecule has 1 aromatic heterocycles. The number of nitrogens with one attached hydrogen (secondary N) is 1. The highest BCUT2D eigenvalue weighted by molar-refractivity contribution is 5.95. The summed E-state index contributed by atoms with van der Waals surface area (Å²) in [5, 5.41) is 7.62. The number of carbonyl (C=O) groups excluding carboxylic acids is 2. The van der Waals surface area contributed by atoms with Crippen molar-refractivity contribution in [3.8, 4) is 5.75 Å². The van der Waals surface area contributed by atoms with Crippen molar-refractivity contribution in [2.45, 2.75) is 19.4 Å². The van der Waals surface area contributed by atoms with Crippen LogP contribution in [0.4, 0.5) is 0 Å². The number of aromatic nitrogens is 2. The van der Waals surface area contributed by atoms with Gasteiger partial charge in [-0.15, -0.1) is 0 Å². The molecular weight excluding hydrogens is 392 g/mol. The molecule has 160 valence electrons. The minimum atomic E-state index is -0.0970. The predicted molar refractivity (Wildman–Crippen MR) is 117 cm³/mol. The molecule has 0 spiro atoms. The lowest BCUT2D eigenvalue weighted by Crippen LogP contribution is -2.36. The van der Waals surface area contributed by atoms with Gasteiger partial charge in [-0.05, 0) is 30.3 Å². The SMILES string of the molecule is COc1cccc(C(=O)N2CCc3c(c(CCNC(=O)c4ccccc4)nn3C)C2)c1. The summed E-state index contributed by atoms with van der Waals surface area (Å²) in [6, 6.07) is 16.4. The van der Waals surface area contributed by atoms with E-state index in [1.165, 1.54) is 0 Å². The average molecular weight is 418 g/mol. The fourth-order valence-electron chi connectivity index (χ4n) is 3.97. The number of nitrogens with zero attached hydrogens (tertiary/aromatic N) is 3. The topological polar surface area (TPSA) is 76.5 Å². The number of benzene rings is 2. The van der Waals surface area contributed by atoms with E-state index in [9.17, 15) is 9.59 Å². The van der Waals surface area contributed by atoms with Gasteiger partial charge in [0, 0.05) is 61.9 Å². The van der Waals surface area contributed by atoms with Gasteiger partial charge in [-0.3, -0.25) is 14.3 Å². The van der Waals surface area contributed by atoms with Crippen molar-refractivity contribution >= 4 is 11.8 Å². The second-order valence-corrected chi connectivity index (χ2v) is 7.58. The molecule has 7 heteroatoms. The Morgan fingerprint density at radius 2 is 1.87 bits per heavy atom. The van der Waals surface area contributed by atoms with Crippen LogP contribution in [0, 0.1) is 0 Å². The normalized spacial score (nSPS) is 12.9. The van der Waals surface area contributed by atoms with Crippen LogP contribution in [-0.4, -0.2) is 46.7 Å². The number of amides is 2. The van der Waals surface area contributed by atoms with Crippen LogP contribution >= 0.6 is 0 Å². The summed E-state index contributed by atoms with van der Waals surface area (Å²) in [5.41, 5.74) is 4.41. The van der Waals surface area contributed by atoms with Gasteiger partial charge in [0.1, 0.15) is 5.75 Å². The maximum absolute atomic E-state index is 13.0. The molecule has 0 fully saturated rings. The van der Waals surface area contributed by atoms with Crippen molar-refractivity contribution in [2.75, 3.05) is 20.2 Å². The Bertz CT molecular complexity index is 1090. The summed E-state index contributed by atoms with van der Waals surface area (Å²) in [4.78, 5) is 27.2. The van der Waals surface area contributed by atoms with Gasteiger partial charge in [0.15, 0.2) is 0 Å². The lowest BCUT2D eigenvalue weighted by atomic mass is 10.0. The first-order valence-electron chi connectivity index (χ1n) is 10.4. The summed E-state index contributed by atoms with van der Waals surface area (Å²) in [5.74, 6) is 0.553. The molecule has 1 aliphatic rings. The first-order valence-corrected chi connectivity index (χ1v) is 10.4. The Morgan fingerprint density at radius 3 is 2.65 bits per heavy atom. The third-order valence-electron chi connectivity index (χ3n) is 5.61. The van der Waals surface area contributed by atoms with Crippen molar-refractivity contribution < 1.29 is 14.3 Å². The van der Waals surface area contributed by atoms with Gasteiger partial charge in [-0.2, -0.15) is 5.10 Å². The highest BCUT2D eigenvalue weighted by Gasteiger charge is 2.27. The smallest absolute Gasteiger partial charge is 0.254 e. The number of ether oxygens (including phenoxy) is 1. The molecule has 1 N–H and O–H groups in total. The molecule has 2 heterocycles. The Hall–Kier alpha value is -3.61. The molecule has 1 aliphatic heterocycles. The molecule has 0 unspecified atom stereocenters. The molecule has 0 saturated carbocycles. The van der Waals surface area contributed by atoms with E-state index in [1.54, 1.807) is 25.3 Å². The Balaban J connectivity index is 1.44. The second-order valence-electron chi connectivity index (χ2n) is 7.58. The van der Waals surface area contributed by atoms with E-state index in [0.717, 1.165) is 23.4 Å². The minimum Gasteiger partial charge on any atom is -0.497 e.